The molecule has 9 aliphatic rings. The van der Waals surface area contributed by atoms with Crippen molar-refractivity contribution in [3.63, 3.8) is 0 Å². The van der Waals surface area contributed by atoms with Gasteiger partial charge in [0.05, 0.1) is 5.41 Å². The van der Waals surface area contributed by atoms with Gasteiger partial charge in [0.1, 0.15) is 0 Å². The van der Waals surface area contributed by atoms with Crippen molar-refractivity contribution in [3.05, 3.63) is 441 Å². The number of benzene rings is 12. The van der Waals surface area contributed by atoms with Crippen LogP contribution in [-0.4, -0.2) is 0 Å². The summed E-state index contributed by atoms with van der Waals surface area (Å²) in [5, 5.41) is 0. The van der Waals surface area contributed by atoms with E-state index < -0.39 is 5.41 Å². The zero-order valence-electron chi connectivity index (χ0n) is 67.4. The van der Waals surface area contributed by atoms with Gasteiger partial charge in [0, 0.05) is 56.8 Å². The lowest BCUT2D eigenvalue weighted by Crippen LogP contribution is -2.33. The maximum atomic E-state index is 4.49. The van der Waals surface area contributed by atoms with Crippen molar-refractivity contribution in [1.29, 1.82) is 0 Å². The van der Waals surface area contributed by atoms with Crippen LogP contribution in [0, 0.1) is 23.7 Å². The summed E-state index contributed by atoms with van der Waals surface area (Å²) in [6, 6.07) is 114. The predicted molar refractivity (Wildman–Crippen MR) is 483 cm³/mol. The zero-order chi connectivity index (χ0) is 77.7. The average molecular weight is 1490 g/mol. The van der Waals surface area contributed by atoms with E-state index in [4.69, 9.17) is 0 Å². The highest BCUT2D eigenvalue weighted by Gasteiger charge is 2.54. The molecule has 0 amide bonds. The Kier molecular flexibility index (Phi) is 16.8. The van der Waals surface area contributed by atoms with Crippen molar-refractivity contribution in [3.8, 4) is 33.4 Å². The SMILES string of the molecule is C=CC1CCC2=C[C@@H]1C1=CCCC3=C1c1ccc(N(c4ccc(-c5ccccc5)cc4)c4ccc5c(c4)C(c4ccccc4)(c4ccccc4)c4cc(N(c6ccc(-c7ccccc7)cc6)c6ccc7c(c6)C6(c8ccc(C(C)(C)C)cc8)CC8=C[C@@H](C9=CCCC6=C97)C(C=C)CC8)ccc4-5)cc1C3(c1ccc(C(C)(C)C)cc1)C2. The van der Waals surface area contributed by atoms with Crippen LogP contribution in [-0.2, 0) is 27.1 Å². The van der Waals surface area contributed by atoms with E-state index in [0.29, 0.717) is 23.7 Å². The van der Waals surface area contributed by atoms with Gasteiger partial charge in [-0.25, -0.2) is 0 Å². The molecule has 2 heteroatoms. The molecule has 0 aliphatic heterocycles. The Morgan fingerprint density at radius 3 is 1.02 bits per heavy atom. The lowest BCUT2D eigenvalue weighted by atomic mass is 9.61. The second-order valence-electron chi connectivity index (χ2n) is 36.4. The Bertz CT molecular complexity index is 5740. The van der Waals surface area contributed by atoms with Gasteiger partial charge in [-0.2, -0.15) is 0 Å². The zero-order valence-corrected chi connectivity index (χ0v) is 67.4. The lowest BCUT2D eigenvalue weighted by molar-refractivity contribution is 0.442. The Morgan fingerprint density at radius 2 is 0.661 bits per heavy atom. The molecule has 12 aromatic rings. The maximum absolute atomic E-state index is 4.49. The number of hydrogen-bond donors (Lipinski definition) is 0. The van der Waals surface area contributed by atoms with Gasteiger partial charge in [-0.1, -0.05) is 308 Å². The minimum atomic E-state index is -0.783. The number of fused-ring (bicyclic) bond motifs is 11. The van der Waals surface area contributed by atoms with E-state index in [1.165, 1.54) is 122 Å². The summed E-state index contributed by atoms with van der Waals surface area (Å²) >= 11 is 0. The molecule has 0 fully saturated rings. The van der Waals surface area contributed by atoms with E-state index in [9.17, 15) is 0 Å². The van der Waals surface area contributed by atoms with Gasteiger partial charge in [-0.05, 0) is 293 Å². The van der Waals surface area contributed by atoms with E-state index in [1.54, 1.807) is 22.3 Å². The van der Waals surface area contributed by atoms with Crippen LogP contribution < -0.4 is 9.80 Å². The number of nitrogens with zero attached hydrogens (tertiary/aromatic N) is 2. The molecular weight excluding hydrogens is 1390 g/mol. The maximum Gasteiger partial charge on any atom is 0.0715 e. The molecule has 0 radical (unpaired) electrons. The third-order valence-electron chi connectivity index (χ3n) is 28.4. The van der Waals surface area contributed by atoms with Crippen LogP contribution in [0.4, 0.5) is 34.1 Å². The highest BCUT2D eigenvalue weighted by molar-refractivity contribution is 5.98. The van der Waals surface area contributed by atoms with E-state index in [0.717, 1.165) is 98.3 Å². The highest BCUT2D eigenvalue weighted by atomic mass is 15.1. The van der Waals surface area contributed by atoms with Crippen molar-refractivity contribution in [1.82, 2.24) is 0 Å². The van der Waals surface area contributed by atoms with Crippen LogP contribution in [0.25, 0.3) is 44.5 Å². The van der Waals surface area contributed by atoms with Gasteiger partial charge in [0.25, 0.3) is 0 Å². The van der Waals surface area contributed by atoms with Gasteiger partial charge in [0.15, 0.2) is 0 Å². The molecule has 12 bridgehead atoms. The van der Waals surface area contributed by atoms with Gasteiger partial charge in [-0.15, -0.1) is 13.2 Å². The predicted octanol–water partition coefficient (Wildman–Crippen LogP) is 29.5. The molecule has 562 valence electrons. The smallest absolute Gasteiger partial charge is 0.0715 e. The third-order valence-corrected chi connectivity index (χ3v) is 28.4. The lowest BCUT2D eigenvalue weighted by Gasteiger charge is -2.42. The number of rotatable bonds is 14. The first kappa shape index (κ1) is 71.0. The molecule has 6 atom stereocenters. The summed E-state index contributed by atoms with van der Waals surface area (Å²) in [7, 11) is 0. The number of allylic oxidation sites excluding steroid dienone is 14. The largest absolute Gasteiger partial charge is 0.310 e. The molecule has 0 aromatic heterocycles. The van der Waals surface area contributed by atoms with Crippen molar-refractivity contribution in [2.75, 3.05) is 9.80 Å². The van der Waals surface area contributed by atoms with Crippen molar-refractivity contribution in [2.45, 2.75) is 133 Å². The topological polar surface area (TPSA) is 6.48 Å². The second-order valence-corrected chi connectivity index (χ2v) is 36.4. The van der Waals surface area contributed by atoms with E-state index in [1.807, 2.05) is 0 Å². The number of hydrogen-bond acceptors (Lipinski definition) is 2. The standard InChI is InChI=1S/C113H100N2/c1-9-75-39-37-73-65-99(75)95-33-23-35-101-107(95)97-63-59-89(67-103(97)111(101,71-73)83-49-45-81(46-50-83)109(3,4)5)114(87-53-41-79(42-54-87)77-25-15-11-16-26-77)91-57-61-93-94-62-58-92(70-106(94)113(105(93)69-91,85-29-19-13-20-30-85)86-31-21-14-22-32-86)115(88-55-43-80(44-56-88)78-27-17-12-18-28-78)90-60-64-98-104(68-90)112(84-51-47-82(48-52-84)110(6,7)8)72-74-38-40-76(10-2)100(66-74)96-34-24-36-102(112)108(96)98/h9-22,25-34,41-70,75-76,99-100H,1-2,23-24,35-40,71-72H2,3-8H3/t75?,76?,99-,100+,111?,112?. The third kappa shape index (κ3) is 11.1. The normalized spacial score (nSPS) is 21.7. The molecule has 2 nitrogen and oxygen atoms in total. The second kappa shape index (κ2) is 27.2. The van der Waals surface area contributed by atoms with Crippen molar-refractivity contribution in [2.24, 2.45) is 23.7 Å². The first-order valence-electron chi connectivity index (χ1n) is 42.5. The summed E-state index contributed by atoms with van der Waals surface area (Å²) in [6.45, 7) is 23.1. The van der Waals surface area contributed by atoms with Gasteiger partial charge < -0.3 is 9.80 Å². The Labute approximate surface area is 681 Å². The van der Waals surface area contributed by atoms with E-state index >= 15 is 0 Å². The molecule has 21 rings (SSSR count). The van der Waals surface area contributed by atoms with Crippen LogP contribution in [0.2, 0.25) is 0 Å². The van der Waals surface area contributed by atoms with Crippen LogP contribution >= 0.6 is 0 Å². The molecule has 0 saturated carbocycles. The molecule has 0 saturated heterocycles. The Morgan fingerprint density at radius 1 is 0.330 bits per heavy atom. The first-order chi connectivity index (χ1) is 56.1. The summed E-state index contributed by atoms with van der Waals surface area (Å²) in [6.07, 6.45) is 25.6. The molecule has 0 heterocycles. The highest BCUT2D eigenvalue weighted by Crippen LogP contribution is 2.67. The molecule has 9 aliphatic carbocycles. The molecule has 0 spiro atoms. The van der Waals surface area contributed by atoms with Crippen LogP contribution in [0.1, 0.15) is 173 Å². The monoisotopic (exact) mass is 1480 g/mol. The molecule has 0 N–H and O–H groups in total. The van der Waals surface area contributed by atoms with Crippen molar-refractivity contribution < 1.29 is 0 Å². The van der Waals surface area contributed by atoms with Crippen LogP contribution in [0.3, 0.4) is 0 Å². The minimum absolute atomic E-state index is 0.0178. The fourth-order valence-corrected chi connectivity index (χ4v) is 22.9. The average Bonchev–Trinajstić information content (AvgIpc) is 1.54. The fraction of sp³-hybridized carbons (Fsp3) is 0.221. The first-order valence-corrected chi connectivity index (χ1v) is 42.5. The van der Waals surface area contributed by atoms with Gasteiger partial charge in [0.2, 0.25) is 0 Å². The summed E-state index contributed by atoms with van der Waals surface area (Å²) in [4.78, 5) is 5.19. The van der Waals surface area contributed by atoms with E-state index in [2.05, 4.69) is 392 Å². The molecule has 115 heavy (non-hydrogen) atoms. The quantitative estimate of drug-likeness (QED) is 0.100. The summed E-state index contributed by atoms with van der Waals surface area (Å²) in [5.74, 6) is 1.44. The van der Waals surface area contributed by atoms with Gasteiger partial charge in [-0.3, -0.25) is 0 Å². The number of anilines is 6. The fourth-order valence-electron chi connectivity index (χ4n) is 22.9. The van der Waals surface area contributed by atoms with Crippen LogP contribution in [0.15, 0.2) is 374 Å². The Hall–Kier alpha value is -11.8. The Balaban J connectivity index is 0.773. The van der Waals surface area contributed by atoms with Crippen LogP contribution in [0.5, 0.6) is 0 Å². The van der Waals surface area contributed by atoms with Crippen molar-refractivity contribution >= 4 is 45.3 Å². The minimum Gasteiger partial charge on any atom is -0.310 e. The summed E-state index contributed by atoms with van der Waals surface area (Å²) < 4.78 is 0. The summed E-state index contributed by atoms with van der Waals surface area (Å²) in [5.41, 5.74) is 41.0. The molecule has 4 unspecified atom stereocenters. The molecular formula is C113H100N2. The van der Waals surface area contributed by atoms with E-state index in [-0.39, 0.29) is 21.7 Å². The molecule has 12 aromatic carbocycles. The van der Waals surface area contributed by atoms with Gasteiger partial charge >= 0.3 is 0 Å².